The van der Waals surface area contributed by atoms with Crippen LogP contribution >= 0.6 is 0 Å². The van der Waals surface area contributed by atoms with Gasteiger partial charge in [-0.3, -0.25) is 4.90 Å². The molecule has 0 radical (unpaired) electrons. The van der Waals surface area contributed by atoms with E-state index in [9.17, 15) is 34.8 Å². The fourth-order valence-electron chi connectivity index (χ4n) is 3.52. The largest absolute Gasteiger partial charge is 0.504 e. The Balaban J connectivity index is 1.92. The van der Waals surface area contributed by atoms with E-state index in [2.05, 4.69) is 5.32 Å². The molecule has 2 aliphatic heterocycles. The van der Waals surface area contributed by atoms with Gasteiger partial charge in [0.1, 0.15) is 24.0 Å². The standard InChI is InChI=1S/C18H18N2O8/c21-14-6-9-5-13(18(27)28)20(12(9)7-15(14)22)2-1-8-3-10(16(23)24)19-11(4-8)17(25)26/h1,3,6-7,11,13,19,21-22H,2,4-5H2,(H,23,24)(H,25,26)(H,27,28)/p+1/b8-1+/t11-,13-/m0/s1. The van der Waals surface area contributed by atoms with E-state index in [-0.39, 0.29) is 36.6 Å². The van der Waals surface area contributed by atoms with Crippen molar-refractivity contribution in [3.63, 3.8) is 0 Å². The number of phenols is 2. The van der Waals surface area contributed by atoms with Crippen LogP contribution < -0.4 is 10.2 Å². The van der Waals surface area contributed by atoms with Crippen molar-refractivity contribution in [1.29, 1.82) is 0 Å². The molecular formula is C18H19N2O8+. The second-order valence-electron chi connectivity index (χ2n) is 6.70. The summed E-state index contributed by atoms with van der Waals surface area (Å²) in [5.74, 6) is -4.24. The van der Waals surface area contributed by atoms with Crippen LogP contribution in [0.3, 0.4) is 0 Å². The predicted octanol–water partition coefficient (Wildman–Crippen LogP) is -1.04. The van der Waals surface area contributed by atoms with Gasteiger partial charge >= 0.3 is 17.9 Å². The number of nitrogens with one attached hydrogen (secondary N) is 2. The number of phenolic OH excluding ortho intramolecular Hbond substituents is 2. The summed E-state index contributed by atoms with van der Waals surface area (Å²) in [7, 11) is 0. The predicted molar refractivity (Wildman–Crippen MR) is 93.4 cm³/mol. The first-order valence-corrected chi connectivity index (χ1v) is 8.44. The van der Waals surface area contributed by atoms with E-state index >= 15 is 0 Å². The number of carboxylic acid groups (broad SMARTS) is 3. The SMILES string of the molecule is O=C(O)C1=C/C(=C\C[NH+]2c3cc(O)c(O)cc3C[C@H]2C(=O)O)C[C@@H](C(=O)O)N1. The Morgan fingerprint density at radius 2 is 1.75 bits per heavy atom. The summed E-state index contributed by atoms with van der Waals surface area (Å²) in [5.41, 5.74) is 1.31. The van der Waals surface area contributed by atoms with Crippen LogP contribution in [-0.4, -0.2) is 62.1 Å². The first kappa shape index (κ1) is 19.2. The van der Waals surface area contributed by atoms with Crippen LogP contribution in [0.5, 0.6) is 11.5 Å². The molecule has 28 heavy (non-hydrogen) atoms. The lowest BCUT2D eigenvalue weighted by Gasteiger charge is -2.23. The summed E-state index contributed by atoms with van der Waals surface area (Å²) < 4.78 is 0. The minimum atomic E-state index is -1.29. The van der Waals surface area contributed by atoms with E-state index in [0.717, 1.165) is 0 Å². The van der Waals surface area contributed by atoms with Gasteiger partial charge in [0.05, 0.1) is 0 Å². The quantitative estimate of drug-likeness (QED) is 0.245. The molecule has 2 heterocycles. The molecule has 1 aromatic carbocycles. The van der Waals surface area contributed by atoms with Crippen molar-refractivity contribution < 1.29 is 44.8 Å². The molecule has 10 heteroatoms. The van der Waals surface area contributed by atoms with Gasteiger partial charge in [-0.15, -0.1) is 0 Å². The molecule has 10 nitrogen and oxygen atoms in total. The zero-order valence-electron chi connectivity index (χ0n) is 14.5. The van der Waals surface area contributed by atoms with Gasteiger partial charge in [0, 0.05) is 24.5 Å². The number of carboxylic acids is 3. The van der Waals surface area contributed by atoms with Gasteiger partial charge in [-0.05, 0) is 23.8 Å². The molecule has 0 aliphatic carbocycles. The zero-order chi connectivity index (χ0) is 20.6. The Labute approximate surface area is 158 Å². The number of rotatable bonds is 5. The third-order valence-electron chi connectivity index (χ3n) is 4.90. The third-order valence-corrected chi connectivity index (χ3v) is 4.90. The van der Waals surface area contributed by atoms with Gasteiger partial charge in [-0.2, -0.15) is 0 Å². The van der Waals surface area contributed by atoms with Crippen LogP contribution in [0.1, 0.15) is 12.0 Å². The number of hydrogen-bond acceptors (Lipinski definition) is 6. The summed E-state index contributed by atoms with van der Waals surface area (Å²) in [5, 5.41) is 49.7. The molecule has 1 aromatic rings. The third kappa shape index (κ3) is 3.62. The van der Waals surface area contributed by atoms with E-state index in [4.69, 9.17) is 5.11 Å². The van der Waals surface area contributed by atoms with Crippen LogP contribution in [0, 0.1) is 0 Å². The molecule has 148 valence electrons. The monoisotopic (exact) mass is 391 g/mol. The van der Waals surface area contributed by atoms with E-state index in [1.54, 1.807) is 6.08 Å². The molecule has 0 fully saturated rings. The van der Waals surface area contributed by atoms with E-state index in [0.29, 0.717) is 21.7 Å². The van der Waals surface area contributed by atoms with Crippen molar-refractivity contribution in [2.45, 2.75) is 24.9 Å². The van der Waals surface area contributed by atoms with Gasteiger partial charge in [-0.1, -0.05) is 0 Å². The van der Waals surface area contributed by atoms with Gasteiger partial charge in [0.15, 0.2) is 17.5 Å². The molecule has 0 aromatic heterocycles. The van der Waals surface area contributed by atoms with E-state index in [1.807, 2.05) is 0 Å². The molecule has 1 unspecified atom stereocenters. The molecule has 7 N–H and O–H groups in total. The molecule has 3 rings (SSSR count). The van der Waals surface area contributed by atoms with Crippen molar-refractivity contribution >= 4 is 23.6 Å². The Morgan fingerprint density at radius 1 is 1.07 bits per heavy atom. The second-order valence-corrected chi connectivity index (χ2v) is 6.70. The summed E-state index contributed by atoms with van der Waals surface area (Å²) >= 11 is 0. The fraction of sp³-hybridized carbons (Fsp3) is 0.278. The van der Waals surface area contributed by atoms with E-state index < -0.39 is 30.0 Å². The Kier molecular flexibility index (Phi) is 4.97. The Bertz CT molecular complexity index is 920. The van der Waals surface area contributed by atoms with Crippen molar-refractivity contribution in [2.24, 2.45) is 0 Å². The topological polar surface area (TPSA) is 169 Å². The molecular weight excluding hydrogens is 372 g/mol. The van der Waals surface area contributed by atoms with Crippen LogP contribution in [-0.2, 0) is 20.8 Å². The molecule has 0 spiro atoms. The second kappa shape index (κ2) is 7.24. The fourth-order valence-corrected chi connectivity index (χ4v) is 3.52. The van der Waals surface area contributed by atoms with Gasteiger partial charge < -0.3 is 30.8 Å². The Hall–Kier alpha value is -3.53. The number of benzene rings is 1. The maximum atomic E-state index is 11.6. The van der Waals surface area contributed by atoms with Gasteiger partial charge in [0.25, 0.3) is 0 Å². The lowest BCUT2D eigenvalue weighted by atomic mass is 9.99. The first-order chi connectivity index (χ1) is 13.2. The molecule has 3 atom stereocenters. The summed E-state index contributed by atoms with van der Waals surface area (Å²) in [4.78, 5) is 34.6. The van der Waals surface area contributed by atoms with Gasteiger partial charge in [-0.25, -0.2) is 14.4 Å². The molecule has 0 amide bonds. The molecule has 2 aliphatic rings. The number of allylic oxidation sites excluding steroid dienone is 1. The van der Waals surface area contributed by atoms with Crippen LogP contribution in [0.4, 0.5) is 5.69 Å². The Morgan fingerprint density at radius 3 is 2.36 bits per heavy atom. The van der Waals surface area contributed by atoms with Crippen molar-refractivity contribution in [1.82, 2.24) is 5.32 Å². The highest BCUT2D eigenvalue weighted by Crippen LogP contribution is 2.32. The maximum absolute atomic E-state index is 11.6. The van der Waals surface area contributed by atoms with Crippen molar-refractivity contribution in [2.75, 3.05) is 6.54 Å². The normalized spacial score (nSPS) is 24.9. The number of carbonyl (C=O) groups is 3. The van der Waals surface area contributed by atoms with Crippen LogP contribution in [0.25, 0.3) is 0 Å². The average molecular weight is 391 g/mol. The number of aliphatic carboxylic acids is 3. The highest BCUT2D eigenvalue weighted by Gasteiger charge is 2.40. The molecule has 0 bridgehead atoms. The summed E-state index contributed by atoms with van der Waals surface area (Å²) in [6, 6.07) is 0.684. The number of fused-ring (bicyclic) bond motifs is 1. The minimum absolute atomic E-state index is 0.0464. The van der Waals surface area contributed by atoms with Crippen LogP contribution in [0.2, 0.25) is 0 Å². The van der Waals surface area contributed by atoms with Gasteiger partial charge in [0.2, 0.25) is 0 Å². The number of aromatic hydroxyl groups is 2. The molecule has 0 saturated heterocycles. The molecule has 0 saturated carbocycles. The highest BCUT2D eigenvalue weighted by atomic mass is 16.4. The lowest BCUT2D eigenvalue weighted by molar-refractivity contribution is -0.838. The summed E-state index contributed by atoms with van der Waals surface area (Å²) in [6.45, 7) is 0.138. The van der Waals surface area contributed by atoms with Crippen molar-refractivity contribution in [3.05, 3.63) is 41.1 Å². The number of hydrogen-bond donors (Lipinski definition) is 7. The average Bonchev–Trinajstić information content (AvgIpc) is 2.97. The lowest BCUT2D eigenvalue weighted by Crippen LogP contribution is -3.11. The number of quaternary nitrogens is 1. The maximum Gasteiger partial charge on any atom is 0.363 e. The zero-order valence-corrected chi connectivity index (χ0v) is 14.5. The minimum Gasteiger partial charge on any atom is -0.504 e. The van der Waals surface area contributed by atoms with E-state index in [1.165, 1.54) is 18.2 Å². The summed E-state index contributed by atoms with van der Waals surface area (Å²) in [6.07, 6.45) is 3.13. The van der Waals surface area contributed by atoms with Crippen molar-refractivity contribution in [3.8, 4) is 11.5 Å². The highest BCUT2D eigenvalue weighted by molar-refractivity contribution is 5.89. The van der Waals surface area contributed by atoms with Crippen LogP contribution in [0.15, 0.2) is 35.6 Å². The smallest absolute Gasteiger partial charge is 0.363 e. The first-order valence-electron chi connectivity index (χ1n) is 8.44.